The summed E-state index contributed by atoms with van der Waals surface area (Å²) in [5.74, 6) is 0. The average molecular weight is 742 g/mol. The van der Waals surface area contributed by atoms with Crippen molar-refractivity contribution in [3.05, 3.63) is 128 Å². The summed E-state index contributed by atoms with van der Waals surface area (Å²) in [6.45, 7) is 7.36. The van der Waals surface area contributed by atoms with Gasteiger partial charge in [-0.05, 0) is 36.4 Å². The van der Waals surface area contributed by atoms with Gasteiger partial charge in [-0.1, -0.05) is 62.0 Å². The van der Waals surface area contributed by atoms with E-state index in [2.05, 4.69) is 123 Å². The van der Waals surface area contributed by atoms with Crippen LogP contribution in [0.15, 0.2) is 115 Å². The fourth-order valence-corrected chi connectivity index (χ4v) is 4.35. The molecule has 0 aromatic heterocycles. The maximum Gasteiger partial charge on any atom is 0.762 e. The molecule has 0 bridgehead atoms. The Hall–Kier alpha value is -3.49. The summed E-state index contributed by atoms with van der Waals surface area (Å²) in [4.78, 5) is 9.31. The second kappa shape index (κ2) is 18.8. The maximum absolute atomic E-state index is 9.67. The first-order valence-corrected chi connectivity index (χ1v) is 12.5. The zero-order valence-electron chi connectivity index (χ0n) is 21.8. The van der Waals surface area contributed by atoms with Gasteiger partial charge < -0.3 is 24.3 Å². The van der Waals surface area contributed by atoms with Gasteiger partial charge in [-0.3, -0.25) is 12.9 Å². The van der Waals surface area contributed by atoms with Crippen molar-refractivity contribution in [2.45, 2.75) is 7.43 Å². The van der Waals surface area contributed by atoms with Crippen molar-refractivity contribution >= 4 is 30.3 Å². The summed E-state index contributed by atoms with van der Waals surface area (Å²) in [6, 6.07) is 43.0. The first-order chi connectivity index (χ1) is 18.6. The van der Waals surface area contributed by atoms with Crippen LogP contribution in [-0.2, 0) is 20.1 Å². The summed E-state index contributed by atoms with van der Waals surface area (Å²) in [6.07, 6.45) is 0. The zero-order valence-corrected chi connectivity index (χ0v) is 24.2. The van der Waals surface area contributed by atoms with Crippen LogP contribution in [0.5, 0.6) is 0 Å². The molecule has 41 heavy (non-hydrogen) atoms. The topological polar surface area (TPSA) is 13.0 Å². The molecule has 10 heteroatoms. The largest absolute Gasteiger partial charge is 1.00 e. The molecule has 2 aliphatic heterocycles. The minimum absolute atomic E-state index is 0. The summed E-state index contributed by atoms with van der Waals surface area (Å²) in [5.41, 5.74) is 4.99. The molecule has 2 fully saturated rings. The molecular formula is C31H34BF4IrN4-3. The Kier molecular flexibility index (Phi) is 16.3. The van der Waals surface area contributed by atoms with E-state index in [-0.39, 0.29) is 32.2 Å². The van der Waals surface area contributed by atoms with Crippen molar-refractivity contribution in [1.82, 2.24) is 0 Å². The van der Waals surface area contributed by atoms with Gasteiger partial charge >= 0.3 is 7.54 Å². The zero-order chi connectivity index (χ0) is 26.6. The maximum atomic E-state index is 9.67. The van der Waals surface area contributed by atoms with E-state index in [1.54, 1.807) is 0 Å². The van der Waals surface area contributed by atoms with Crippen LogP contribution in [0.2, 0.25) is 0 Å². The third-order valence-electron chi connectivity index (χ3n) is 6.17. The van der Waals surface area contributed by atoms with Gasteiger partial charge in [-0.15, -0.1) is 5.69 Å². The van der Waals surface area contributed by atoms with E-state index in [0.29, 0.717) is 0 Å². The molecule has 4 nitrogen and oxygen atoms in total. The first-order valence-electron chi connectivity index (χ1n) is 12.5. The van der Waals surface area contributed by atoms with E-state index in [1.807, 2.05) is 24.3 Å². The van der Waals surface area contributed by atoms with Gasteiger partial charge in [0.1, 0.15) is 0 Å². The van der Waals surface area contributed by atoms with Crippen LogP contribution in [0, 0.1) is 12.7 Å². The second-order valence-electron chi connectivity index (χ2n) is 8.67. The summed E-state index contributed by atoms with van der Waals surface area (Å²) in [7, 11) is -3.67. The molecule has 0 spiro atoms. The van der Waals surface area contributed by atoms with E-state index in [0.717, 1.165) is 38.5 Å². The fraction of sp³-hybridized carbons (Fsp3) is 0.194. The first kappa shape index (κ1) is 35.5. The predicted molar refractivity (Wildman–Crippen MR) is 159 cm³/mol. The number of anilines is 4. The monoisotopic (exact) mass is 742 g/mol. The molecule has 4 aromatic rings. The van der Waals surface area contributed by atoms with Crippen molar-refractivity contribution in [2.24, 2.45) is 0 Å². The molecular weight excluding hydrogens is 707 g/mol. The number of hydrogen-bond acceptors (Lipinski definition) is 4. The summed E-state index contributed by atoms with van der Waals surface area (Å²) in [5, 5.41) is 0. The quantitative estimate of drug-likeness (QED) is 0.175. The Morgan fingerprint density at radius 1 is 0.585 bits per heavy atom. The molecule has 221 valence electrons. The number of hydrogen-bond donors (Lipinski definition) is 0. The Bertz CT molecular complexity index is 1010. The Labute approximate surface area is 255 Å². The normalized spacial score (nSPS) is 13.3. The van der Waals surface area contributed by atoms with E-state index in [9.17, 15) is 12.9 Å². The van der Waals surface area contributed by atoms with E-state index < -0.39 is 7.54 Å². The molecule has 0 aliphatic carbocycles. The summed E-state index contributed by atoms with van der Waals surface area (Å²) >= 11 is 0. The van der Waals surface area contributed by atoms with Crippen molar-refractivity contribution < 1.29 is 37.8 Å². The second-order valence-corrected chi connectivity index (χ2v) is 8.67. The Balaban J connectivity index is 0.000000341. The minimum atomic E-state index is -3.67. The molecule has 2 aliphatic rings. The smallest absolute Gasteiger partial charge is 0.762 e. The van der Waals surface area contributed by atoms with Crippen molar-refractivity contribution in [2.75, 3.05) is 52.4 Å². The fourth-order valence-electron chi connectivity index (χ4n) is 4.35. The van der Waals surface area contributed by atoms with Crippen LogP contribution in [0.3, 0.4) is 0 Å². The van der Waals surface area contributed by atoms with Gasteiger partial charge in [-0.2, -0.15) is 37.0 Å². The van der Waals surface area contributed by atoms with Gasteiger partial charge in [-0.25, -0.2) is 0 Å². The van der Waals surface area contributed by atoms with Crippen LogP contribution in [0.25, 0.3) is 0 Å². The molecule has 0 saturated carbocycles. The van der Waals surface area contributed by atoms with Gasteiger partial charge in [0.25, 0.3) is 0 Å². The Morgan fingerprint density at radius 3 is 1.44 bits per heavy atom. The van der Waals surface area contributed by atoms with Crippen LogP contribution >= 0.6 is 0 Å². The molecule has 2 heterocycles. The van der Waals surface area contributed by atoms with Crippen LogP contribution in [-0.4, -0.2) is 40.4 Å². The predicted octanol–water partition coefficient (Wildman–Crippen LogP) is 4.42. The molecule has 6 rings (SSSR count). The number of para-hydroxylation sites is 4. The van der Waals surface area contributed by atoms with Crippen molar-refractivity contribution in [1.29, 1.82) is 0 Å². The molecule has 0 atom stereocenters. The van der Waals surface area contributed by atoms with Gasteiger partial charge in [0.05, 0.1) is 6.67 Å². The average Bonchev–Trinajstić information content (AvgIpc) is 3.66. The SMILES string of the molecule is C.FB(F)F.[F-].[Ir].[c-]1ccccc1N1[CH-]N(c2ccccc2)CC1.c1ccc(N2CCN(c3ccccc3)C2)cc1. The van der Waals surface area contributed by atoms with E-state index in [1.165, 1.54) is 17.1 Å². The molecule has 2 saturated heterocycles. The van der Waals surface area contributed by atoms with Gasteiger partial charge in [0, 0.05) is 63.3 Å². The van der Waals surface area contributed by atoms with Gasteiger partial charge in [0.15, 0.2) is 0 Å². The van der Waals surface area contributed by atoms with Gasteiger partial charge in [0.2, 0.25) is 0 Å². The number of benzene rings is 4. The van der Waals surface area contributed by atoms with Crippen LogP contribution in [0.1, 0.15) is 7.43 Å². The van der Waals surface area contributed by atoms with Crippen molar-refractivity contribution in [3.63, 3.8) is 0 Å². The number of rotatable bonds is 4. The molecule has 1 radical (unpaired) electrons. The minimum Gasteiger partial charge on any atom is -1.00 e. The molecule has 0 unspecified atom stereocenters. The standard InChI is InChI=1S/C15H16N2.C15H14N2.CH4.BF3.FH.Ir/c2*1-3-7-14(8-4-1)16-11-12-17(13-16)15-9-5-2-6-10-15;;2-1(3)4;;/h1-10H,11-13H2;1-9,13H,11-12H2;1H4;;1H;/q;-2;;;;/p-1. The third-order valence-corrected chi connectivity index (χ3v) is 6.17. The van der Waals surface area contributed by atoms with Crippen LogP contribution in [0.4, 0.5) is 35.7 Å². The third kappa shape index (κ3) is 11.1. The van der Waals surface area contributed by atoms with E-state index >= 15 is 0 Å². The molecule has 0 N–H and O–H groups in total. The molecule has 0 amide bonds. The molecule has 4 aromatic carbocycles. The van der Waals surface area contributed by atoms with Crippen molar-refractivity contribution in [3.8, 4) is 0 Å². The summed E-state index contributed by atoms with van der Waals surface area (Å²) < 4.78 is 29.0. The number of halogens is 4. The Morgan fingerprint density at radius 2 is 1.00 bits per heavy atom. The van der Waals surface area contributed by atoms with Crippen LogP contribution < -0.4 is 24.3 Å². The number of nitrogens with zero attached hydrogens (tertiary/aromatic N) is 4. The van der Waals surface area contributed by atoms with E-state index in [4.69, 9.17) is 0 Å².